The molecule has 0 saturated carbocycles. The van der Waals surface area contributed by atoms with Crippen molar-refractivity contribution >= 4 is 5.57 Å². The second-order valence-electron chi connectivity index (χ2n) is 6.10. The fourth-order valence-corrected chi connectivity index (χ4v) is 2.16. The van der Waals surface area contributed by atoms with Crippen LogP contribution >= 0.6 is 0 Å². The van der Waals surface area contributed by atoms with E-state index in [9.17, 15) is 17.6 Å². The first-order valence-corrected chi connectivity index (χ1v) is 6.82. The third-order valence-corrected chi connectivity index (χ3v) is 3.38. The molecule has 0 fully saturated rings. The summed E-state index contributed by atoms with van der Waals surface area (Å²) in [6, 6.07) is 9.43. The molecule has 0 amide bonds. The molecule has 0 aliphatic rings. The fraction of sp³-hybridized carbons (Fsp3) is 0.294. The third-order valence-electron chi connectivity index (χ3n) is 3.38. The lowest BCUT2D eigenvalue weighted by molar-refractivity contribution is -0.107. The van der Waals surface area contributed by atoms with Gasteiger partial charge in [0, 0.05) is 17.5 Å². The predicted molar refractivity (Wildman–Crippen MR) is 79.1 cm³/mol. The molecule has 0 aliphatic carbocycles. The lowest BCUT2D eigenvalue weighted by atomic mass is 9.86. The molecule has 0 aliphatic heterocycles. The molecule has 5 heteroatoms. The van der Waals surface area contributed by atoms with Gasteiger partial charge in [0.25, 0.3) is 0 Å². The van der Waals surface area contributed by atoms with Crippen molar-refractivity contribution in [3.63, 3.8) is 0 Å². The second-order valence-corrected chi connectivity index (χ2v) is 6.10. The van der Waals surface area contributed by atoms with Gasteiger partial charge in [0.1, 0.15) is 0 Å². The molecule has 22 heavy (non-hydrogen) atoms. The number of rotatable bonds is 2. The van der Waals surface area contributed by atoms with Crippen LogP contribution in [0.15, 0.2) is 48.4 Å². The molecule has 2 aromatic rings. The molecule has 1 aromatic heterocycles. The van der Waals surface area contributed by atoms with E-state index in [1.807, 2.05) is 20.8 Å². The predicted octanol–water partition coefficient (Wildman–Crippen LogP) is 5.60. The van der Waals surface area contributed by atoms with Gasteiger partial charge in [0.05, 0.1) is 0 Å². The highest BCUT2D eigenvalue weighted by Gasteiger charge is 2.38. The zero-order valence-electron chi connectivity index (χ0n) is 12.6. The number of aromatic nitrogens is 1. The Balaban J connectivity index is 2.57. The third kappa shape index (κ3) is 3.40. The van der Waals surface area contributed by atoms with Crippen LogP contribution < -0.4 is 0 Å². The number of aromatic amines is 1. The summed E-state index contributed by atoms with van der Waals surface area (Å²) < 4.78 is 52.3. The Morgan fingerprint density at radius 1 is 0.955 bits per heavy atom. The Kier molecular flexibility index (Phi) is 4.18. The number of hydrogen-bond acceptors (Lipinski definition) is 0. The van der Waals surface area contributed by atoms with Crippen molar-refractivity contribution in [1.82, 2.24) is 4.98 Å². The van der Waals surface area contributed by atoms with E-state index < -0.39 is 17.6 Å². The Labute approximate surface area is 126 Å². The lowest BCUT2D eigenvalue weighted by Gasteiger charge is -2.19. The summed E-state index contributed by atoms with van der Waals surface area (Å²) in [6.07, 6.45) is -3.56. The molecular formula is C17H17F4N. The van der Waals surface area contributed by atoms with E-state index in [1.165, 1.54) is 30.5 Å². The van der Waals surface area contributed by atoms with Crippen LogP contribution in [-0.2, 0) is 5.41 Å². The highest BCUT2D eigenvalue weighted by atomic mass is 19.4. The van der Waals surface area contributed by atoms with Crippen LogP contribution in [0, 0.1) is 0 Å². The summed E-state index contributed by atoms with van der Waals surface area (Å²) in [5.74, 6) is -2.10. The molecule has 0 spiro atoms. The van der Waals surface area contributed by atoms with Crippen LogP contribution in [0.4, 0.5) is 17.6 Å². The molecule has 1 aromatic carbocycles. The van der Waals surface area contributed by atoms with Gasteiger partial charge in [-0.05, 0) is 28.7 Å². The first kappa shape index (κ1) is 16.3. The number of hydrogen-bond donors (Lipinski definition) is 1. The van der Waals surface area contributed by atoms with E-state index in [1.54, 1.807) is 12.1 Å². The second kappa shape index (κ2) is 5.63. The molecule has 0 saturated heterocycles. The van der Waals surface area contributed by atoms with E-state index in [0.717, 1.165) is 5.56 Å². The van der Waals surface area contributed by atoms with Crippen LogP contribution in [-0.4, -0.2) is 11.2 Å². The minimum atomic E-state index is -5.02. The van der Waals surface area contributed by atoms with Crippen molar-refractivity contribution in [2.75, 3.05) is 0 Å². The number of nitrogens with one attached hydrogen (secondary N) is 1. The summed E-state index contributed by atoms with van der Waals surface area (Å²) in [5.41, 5.74) is 0.647. The average molecular weight is 311 g/mol. The van der Waals surface area contributed by atoms with Crippen LogP contribution in [0.5, 0.6) is 0 Å². The maximum Gasteiger partial charge on any atom is 0.443 e. The van der Waals surface area contributed by atoms with E-state index in [4.69, 9.17) is 0 Å². The van der Waals surface area contributed by atoms with Gasteiger partial charge in [-0.15, -0.1) is 0 Å². The maximum absolute atomic E-state index is 13.9. The molecule has 1 N–H and O–H groups in total. The monoisotopic (exact) mass is 311 g/mol. The smallest absolute Gasteiger partial charge is 0.361 e. The summed E-state index contributed by atoms with van der Waals surface area (Å²) in [4.78, 5) is 2.64. The van der Waals surface area contributed by atoms with Gasteiger partial charge in [-0.25, -0.2) is 4.39 Å². The highest BCUT2D eigenvalue weighted by Crippen LogP contribution is 2.37. The van der Waals surface area contributed by atoms with Crippen LogP contribution in [0.3, 0.4) is 0 Å². The molecule has 0 radical (unpaired) electrons. The van der Waals surface area contributed by atoms with Gasteiger partial charge in [-0.2, -0.15) is 13.2 Å². The lowest BCUT2D eigenvalue weighted by Crippen LogP contribution is -2.12. The molecule has 0 unspecified atom stereocenters. The quantitative estimate of drug-likeness (QED) is 0.694. The van der Waals surface area contributed by atoms with E-state index >= 15 is 0 Å². The van der Waals surface area contributed by atoms with E-state index in [-0.39, 0.29) is 16.7 Å². The summed E-state index contributed by atoms with van der Waals surface area (Å²) in [7, 11) is 0. The minimum Gasteiger partial charge on any atom is -0.361 e. The van der Waals surface area contributed by atoms with Crippen molar-refractivity contribution < 1.29 is 17.6 Å². The minimum absolute atomic E-state index is 0.0957. The summed E-state index contributed by atoms with van der Waals surface area (Å²) in [6.45, 7) is 6.00. The SMILES string of the molecule is CC(C)(C)c1ccc(/C(=C(/F)C(F)(F)F)c2ccc[nH]2)cc1. The maximum atomic E-state index is 13.9. The Bertz CT molecular complexity index is 656. The van der Waals surface area contributed by atoms with E-state index in [0.29, 0.717) is 0 Å². The zero-order chi connectivity index (χ0) is 16.5. The van der Waals surface area contributed by atoms with Crippen molar-refractivity contribution in [3.05, 3.63) is 65.2 Å². The number of H-pyrrole nitrogens is 1. The summed E-state index contributed by atoms with van der Waals surface area (Å²) in [5, 5.41) is 0. The van der Waals surface area contributed by atoms with Crippen LogP contribution in [0.2, 0.25) is 0 Å². The highest BCUT2D eigenvalue weighted by molar-refractivity contribution is 5.80. The zero-order valence-corrected chi connectivity index (χ0v) is 12.6. The Morgan fingerprint density at radius 3 is 1.95 bits per heavy atom. The number of halogens is 4. The molecular weight excluding hydrogens is 294 g/mol. The van der Waals surface area contributed by atoms with Crippen molar-refractivity contribution in [3.8, 4) is 0 Å². The normalized spacial score (nSPS) is 14.0. The Morgan fingerprint density at radius 2 is 1.55 bits per heavy atom. The van der Waals surface area contributed by atoms with Gasteiger partial charge in [0.15, 0.2) is 0 Å². The number of benzene rings is 1. The molecule has 0 bridgehead atoms. The fourth-order valence-electron chi connectivity index (χ4n) is 2.16. The van der Waals surface area contributed by atoms with Crippen molar-refractivity contribution in [1.29, 1.82) is 0 Å². The molecule has 0 atom stereocenters. The Hall–Kier alpha value is -2.04. The number of allylic oxidation sites excluding steroid dienone is 1. The molecule has 2 rings (SSSR count). The first-order valence-electron chi connectivity index (χ1n) is 6.82. The van der Waals surface area contributed by atoms with Gasteiger partial charge < -0.3 is 4.98 Å². The standard InChI is InChI=1S/C17H17F4N/c1-16(2,3)12-8-6-11(7-9-12)14(13-5-4-10-22-13)15(18)17(19,20)21/h4-10,22H,1-3H3/b15-14-. The van der Waals surface area contributed by atoms with Crippen LogP contribution in [0.25, 0.3) is 5.57 Å². The van der Waals surface area contributed by atoms with Crippen molar-refractivity contribution in [2.45, 2.75) is 32.4 Å². The van der Waals surface area contributed by atoms with Crippen LogP contribution in [0.1, 0.15) is 37.6 Å². The summed E-state index contributed by atoms with van der Waals surface area (Å²) >= 11 is 0. The first-order chi connectivity index (χ1) is 10.1. The van der Waals surface area contributed by atoms with Gasteiger partial charge in [-0.3, -0.25) is 0 Å². The number of alkyl halides is 3. The van der Waals surface area contributed by atoms with Crippen molar-refractivity contribution in [2.24, 2.45) is 0 Å². The molecule has 118 valence electrons. The molecule has 1 heterocycles. The van der Waals surface area contributed by atoms with E-state index in [2.05, 4.69) is 4.98 Å². The molecule has 1 nitrogen and oxygen atoms in total. The van der Waals surface area contributed by atoms with Gasteiger partial charge >= 0.3 is 6.18 Å². The topological polar surface area (TPSA) is 15.8 Å². The largest absolute Gasteiger partial charge is 0.443 e. The van der Waals surface area contributed by atoms with Gasteiger partial charge in [0.2, 0.25) is 5.83 Å². The van der Waals surface area contributed by atoms with Gasteiger partial charge in [-0.1, -0.05) is 45.0 Å². The average Bonchev–Trinajstić information content (AvgIpc) is 2.91.